The van der Waals surface area contributed by atoms with Crippen LogP contribution in [0, 0.1) is 0 Å². The van der Waals surface area contributed by atoms with Crippen LogP contribution in [0.3, 0.4) is 0 Å². The van der Waals surface area contributed by atoms with E-state index >= 15 is 0 Å². The van der Waals surface area contributed by atoms with Crippen molar-refractivity contribution in [2.45, 2.75) is 25.0 Å². The zero-order valence-corrected chi connectivity index (χ0v) is 9.99. The van der Waals surface area contributed by atoms with Crippen molar-refractivity contribution in [3.05, 3.63) is 59.9 Å². The molecule has 0 bridgehead atoms. The maximum Gasteiger partial charge on any atom is 0.119 e. The number of aliphatic hydroxyl groups excluding tert-OH is 1. The lowest BCUT2D eigenvalue weighted by Gasteiger charge is -2.12. The van der Waals surface area contributed by atoms with Gasteiger partial charge in [-0.05, 0) is 48.2 Å². The third-order valence-electron chi connectivity index (χ3n) is 3.04. The summed E-state index contributed by atoms with van der Waals surface area (Å²) in [6.45, 7) is 0. The third-order valence-corrected chi connectivity index (χ3v) is 3.04. The maximum absolute atomic E-state index is 10.2. The van der Waals surface area contributed by atoms with Crippen LogP contribution in [-0.2, 0) is 0 Å². The molecular weight excluding hydrogens is 226 g/mol. The van der Waals surface area contributed by atoms with E-state index in [2.05, 4.69) is 4.98 Å². The van der Waals surface area contributed by atoms with Gasteiger partial charge in [0.2, 0.25) is 0 Å². The standard InChI is InChI=1S/C15H15NO2/c17-15(12-7-9-16-10-8-12)11-1-3-13(4-2-11)18-14-5-6-14/h1-4,7-10,14-15,17H,5-6H2. The van der Waals surface area contributed by atoms with E-state index in [0.29, 0.717) is 6.10 Å². The van der Waals surface area contributed by atoms with Crippen molar-refractivity contribution < 1.29 is 9.84 Å². The first kappa shape index (κ1) is 11.2. The first-order chi connectivity index (χ1) is 8.83. The number of hydrogen-bond donors (Lipinski definition) is 1. The normalized spacial score (nSPS) is 16.3. The molecule has 0 amide bonds. The predicted octanol–water partition coefficient (Wildman–Crippen LogP) is 2.70. The van der Waals surface area contributed by atoms with Gasteiger partial charge in [-0.2, -0.15) is 0 Å². The number of nitrogens with zero attached hydrogens (tertiary/aromatic N) is 1. The Bertz CT molecular complexity index is 506. The molecule has 1 atom stereocenters. The molecule has 0 aliphatic heterocycles. The topological polar surface area (TPSA) is 42.4 Å². The van der Waals surface area contributed by atoms with Crippen LogP contribution >= 0.6 is 0 Å². The van der Waals surface area contributed by atoms with E-state index in [-0.39, 0.29) is 0 Å². The minimum absolute atomic E-state index is 0.404. The van der Waals surface area contributed by atoms with Gasteiger partial charge in [-0.1, -0.05) is 12.1 Å². The molecule has 1 fully saturated rings. The van der Waals surface area contributed by atoms with E-state index < -0.39 is 6.10 Å². The van der Waals surface area contributed by atoms with E-state index in [0.717, 1.165) is 29.7 Å². The zero-order valence-electron chi connectivity index (χ0n) is 9.99. The molecule has 1 heterocycles. The SMILES string of the molecule is OC(c1ccncc1)c1ccc(OC2CC2)cc1. The number of ether oxygens (including phenoxy) is 1. The number of aliphatic hydroxyl groups is 1. The second kappa shape index (κ2) is 4.78. The molecule has 92 valence electrons. The van der Waals surface area contributed by atoms with Crippen LogP contribution in [0.25, 0.3) is 0 Å². The van der Waals surface area contributed by atoms with E-state index in [1.807, 2.05) is 36.4 Å². The van der Waals surface area contributed by atoms with Gasteiger partial charge in [-0.3, -0.25) is 4.98 Å². The molecular formula is C15H15NO2. The van der Waals surface area contributed by atoms with Crippen LogP contribution in [0.15, 0.2) is 48.8 Å². The molecule has 1 aromatic carbocycles. The van der Waals surface area contributed by atoms with Gasteiger partial charge in [0.15, 0.2) is 0 Å². The summed E-state index contributed by atoms with van der Waals surface area (Å²) in [4.78, 5) is 3.94. The summed E-state index contributed by atoms with van der Waals surface area (Å²) in [5, 5.41) is 10.2. The Labute approximate surface area is 106 Å². The fraction of sp³-hybridized carbons (Fsp3) is 0.267. The van der Waals surface area contributed by atoms with Crippen molar-refractivity contribution >= 4 is 0 Å². The van der Waals surface area contributed by atoms with Crippen molar-refractivity contribution in [2.75, 3.05) is 0 Å². The van der Waals surface area contributed by atoms with Gasteiger partial charge in [0.25, 0.3) is 0 Å². The fourth-order valence-electron chi connectivity index (χ4n) is 1.85. The van der Waals surface area contributed by atoms with Gasteiger partial charge < -0.3 is 9.84 Å². The lowest BCUT2D eigenvalue weighted by molar-refractivity contribution is 0.220. The molecule has 1 aromatic heterocycles. The molecule has 2 aromatic rings. The summed E-state index contributed by atoms with van der Waals surface area (Å²) in [6.07, 6.45) is 5.47. The minimum atomic E-state index is -0.608. The third kappa shape index (κ3) is 2.51. The Balaban J connectivity index is 1.75. The van der Waals surface area contributed by atoms with Crippen LogP contribution in [0.1, 0.15) is 30.1 Å². The molecule has 1 N–H and O–H groups in total. The first-order valence-corrected chi connectivity index (χ1v) is 6.17. The molecule has 1 unspecified atom stereocenters. The van der Waals surface area contributed by atoms with Gasteiger partial charge in [-0.15, -0.1) is 0 Å². The van der Waals surface area contributed by atoms with Crippen molar-refractivity contribution in [1.82, 2.24) is 4.98 Å². The van der Waals surface area contributed by atoms with Crippen molar-refractivity contribution in [3.63, 3.8) is 0 Å². The Morgan fingerprint density at radius 1 is 1.00 bits per heavy atom. The summed E-state index contributed by atoms with van der Waals surface area (Å²) in [5.74, 6) is 0.878. The summed E-state index contributed by atoms with van der Waals surface area (Å²) >= 11 is 0. The Hall–Kier alpha value is -1.87. The van der Waals surface area contributed by atoms with Crippen molar-refractivity contribution in [3.8, 4) is 5.75 Å². The van der Waals surface area contributed by atoms with Crippen LogP contribution in [0.5, 0.6) is 5.75 Å². The molecule has 3 nitrogen and oxygen atoms in total. The highest BCUT2D eigenvalue weighted by Gasteiger charge is 2.23. The van der Waals surface area contributed by atoms with Crippen LogP contribution < -0.4 is 4.74 Å². The molecule has 18 heavy (non-hydrogen) atoms. The average molecular weight is 241 g/mol. The zero-order chi connectivity index (χ0) is 12.4. The predicted molar refractivity (Wildman–Crippen MR) is 68.4 cm³/mol. The molecule has 3 rings (SSSR count). The molecule has 1 saturated carbocycles. The summed E-state index contributed by atoms with van der Waals surface area (Å²) in [6, 6.07) is 11.3. The second-order valence-electron chi connectivity index (χ2n) is 4.57. The summed E-state index contributed by atoms with van der Waals surface area (Å²) < 4.78 is 5.67. The van der Waals surface area contributed by atoms with E-state index in [9.17, 15) is 5.11 Å². The number of aromatic nitrogens is 1. The smallest absolute Gasteiger partial charge is 0.119 e. The lowest BCUT2D eigenvalue weighted by Crippen LogP contribution is -2.00. The Morgan fingerprint density at radius 2 is 1.61 bits per heavy atom. The maximum atomic E-state index is 10.2. The van der Waals surface area contributed by atoms with Crippen LogP contribution in [-0.4, -0.2) is 16.2 Å². The summed E-state index contributed by atoms with van der Waals surface area (Å²) in [5.41, 5.74) is 1.71. The molecule has 3 heteroatoms. The number of rotatable bonds is 4. The number of hydrogen-bond acceptors (Lipinski definition) is 3. The average Bonchev–Trinajstić information content (AvgIpc) is 3.24. The number of benzene rings is 1. The highest BCUT2D eigenvalue weighted by Crippen LogP contribution is 2.28. The highest BCUT2D eigenvalue weighted by molar-refractivity contribution is 5.33. The Kier molecular flexibility index (Phi) is 2.99. The van der Waals surface area contributed by atoms with Gasteiger partial charge in [0.05, 0.1) is 6.10 Å². The fourth-order valence-corrected chi connectivity index (χ4v) is 1.85. The minimum Gasteiger partial charge on any atom is -0.490 e. The monoisotopic (exact) mass is 241 g/mol. The van der Waals surface area contributed by atoms with Crippen molar-refractivity contribution in [1.29, 1.82) is 0 Å². The van der Waals surface area contributed by atoms with Crippen LogP contribution in [0.4, 0.5) is 0 Å². The second-order valence-corrected chi connectivity index (χ2v) is 4.57. The summed E-state index contributed by atoms with van der Waals surface area (Å²) in [7, 11) is 0. The Morgan fingerprint density at radius 3 is 2.22 bits per heavy atom. The molecule has 1 aliphatic carbocycles. The molecule has 0 spiro atoms. The largest absolute Gasteiger partial charge is 0.490 e. The quantitative estimate of drug-likeness (QED) is 0.895. The van der Waals surface area contributed by atoms with Gasteiger partial charge >= 0.3 is 0 Å². The van der Waals surface area contributed by atoms with Gasteiger partial charge in [-0.25, -0.2) is 0 Å². The first-order valence-electron chi connectivity index (χ1n) is 6.17. The highest BCUT2D eigenvalue weighted by atomic mass is 16.5. The van der Waals surface area contributed by atoms with E-state index in [4.69, 9.17) is 4.74 Å². The molecule has 0 radical (unpaired) electrons. The van der Waals surface area contributed by atoms with Gasteiger partial charge in [0, 0.05) is 12.4 Å². The molecule has 1 aliphatic rings. The van der Waals surface area contributed by atoms with E-state index in [1.54, 1.807) is 12.4 Å². The van der Waals surface area contributed by atoms with Gasteiger partial charge in [0.1, 0.15) is 11.9 Å². The molecule has 0 saturated heterocycles. The van der Waals surface area contributed by atoms with E-state index in [1.165, 1.54) is 0 Å². The van der Waals surface area contributed by atoms with Crippen LogP contribution in [0.2, 0.25) is 0 Å². The number of pyridine rings is 1. The lowest BCUT2D eigenvalue weighted by atomic mass is 10.0. The van der Waals surface area contributed by atoms with Crippen molar-refractivity contribution in [2.24, 2.45) is 0 Å².